The predicted molar refractivity (Wildman–Crippen MR) is 55.5 cm³/mol. The van der Waals surface area contributed by atoms with Crippen LogP contribution >= 0.6 is 0 Å². The first kappa shape index (κ1) is 13.5. The Bertz CT molecular complexity index is 409. The molecule has 1 aromatic heterocycles. The Kier molecular flexibility index (Phi) is 4.11. The quantitative estimate of drug-likeness (QED) is 0.819. The smallest absolute Gasteiger partial charge is 0.380 e. The lowest BCUT2D eigenvalue weighted by Gasteiger charge is -2.21. The zero-order valence-electron chi connectivity index (χ0n) is 9.48. The van der Waals surface area contributed by atoms with E-state index in [-0.39, 0.29) is 12.2 Å². The number of aromatic nitrogens is 1. The summed E-state index contributed by atoms with van der Waals surface area (Å²) in [5.41, 5.74) is 0.335. The van der Waals surface area contributed by atoms with Crippen LogP contribution in [-0.4, -0.2) is 28.6 Å². The third kappa shape index (κ3) is 2.76. The molecule has 0 amide bonds. The Morgan fingerprint density at radius 2 is 2.29 bits per heavy atom. The minimum atomic E-state index is -3.98. The number of carbonyl (C=O) groups is 1. The van der Waals surface area contributed by atoms with E-state index in [4.69, 9.17) is 0 Å². The molecule has 0 fully saturated rings. The van der Waals surface area contributed by atoms with Gasteiger partial charge in [-0.05, 0) is 25.5 Å². The highest BCUT2D eigenvalue weighted by Crippen LogP contribution is 2.33. The van der Waals surface area contributed by atoms with Crippen LogP contribution in [-0.2, 0) is 9.53 Å². The largest absolute Gasteiger partial charge is 0.461 e. The van der Waals surface area contributed by atoms with Gasteiger partial charge in [-0.15, -0.1) is 0 Å². The fourth-order valence-electron chi connectivity index (χ4n) is 1.30. The van der Waals surface area contributed by atoms with Crippen LogP contribution in [0.15, 0.2) is 18.5 Å². The maximum absolute atomic E-state index is 13.5. The molecule has 1 heterocycles. The van der Waals surface area contributed by atoms with Gasteiger partial charge in [-0.3, -0.25) is 4.98 Å². The number of esters is 1. The third-order valence-corrected chi connectivity index (χ3v) is 2.27. The van der Waals surface area contributed by atoms with Gasteiger partial charge >= 0.3 is 11.9 Å². The van der Waals surface area contributed by atoms with Crippen molar-refractivity contribution in [1.82, 2.24) is 4.98 Å². The standard InChI is InChI=1S/C11H13F2NO3/c1-3-17-10(16)11(12,13)9(15)8-6-14-5-4-7(8)2/h4-6,9,15H,3H2,1-2H3. The van der Waals surface area contributed by atoms with Crippen LogP contribution in [0, 0.1) is 6.92 Å². The molecule has 0 aliphatic heterocycles. The number of rotatable bonds is 4. The van der Waals surface area contributed by atoms with E-state index in [0.717, 1.165) is 6.20 Å². The number of hydrogen-bond acceptors (Lipinski definition) is 4. The van der Waals surface area contributed by atoms with Crippen molar-refractivity contribution in [3.05, 3.63) is 29.6 Å². The molecule has 0 saturated carbocycles. The second kappa shape index (κ2) is 5.18. The summed E-state index contributed by atoms with van der Waals surface area (Å²) in [5, 5.41) is 9.54. The first-order valence-corrected chi connectivity index (χ1v) is 5.04. The molecule has 0 radical (unpaired) electrons. The van der Waals surface area contributed by atoms with Crippen LogP contribution in [0.5, 0.6) is 0 Å². The summed E-state index contributed by atoms with van der Waals surface area (Å²) >= 11 is 0. The average Bonchev–Trinajstić information content (AvgIpc) is 2.29. The average molecular weight is 245 g/mol. The van der Waals surface area contributed by atoms with Crippen molar-refractivity contribution in [3.63, 3.8) is 0 Å². The number of hydrogen-bond donors (Lipinski definition) is 1. The summed E-state index contributed by atoms with van der Waals surface area (Å²) in [6, 6.07) is 1.47. The molecule has 0 spiro atoms. The molecule has 1 atom stereocenters. The highest BCUT2D eigenvalue weighted by atomic mass is 19.3. The van der Waals surface area contributed by atoms with Crippen molar-refractivity contribution in [3.8, 4) is 0 Å². The highest BCUT2D eigenvalue weighted by Gasteiger charge is 2.49. The molecule has 1 N–H and O–H groups in total. The molecule has 4 nitrogen and oxygen atoms in total. The van der Waals surface area contributed by atoms with Crippen molar-refractivity contribution < 1.29 is 23.4 Å². The molecule has 1 rings (SSSR count). The lowest BCUT2D eigenvalue weighted by Crippen LogP contribution is -2.37. The van der Waals surface area contributed by atoms with Gasteiger partial charge in [0.05, 0.1) is 6.61 Å². The van der Waals surface area contributed by atoms with E-state index in [1.165, 1.54) is 19.2 Å². The SMILES string of the molecule is CCOC(=O)C(F)(F)C(O)c1cnccc1C. The third-order valence-electron chi connectivity index (χ3n) is 2.27. The zero-order chi connectivity index (χ0) is 13.1. The number of aliphatic hydroxyl groups excluding tert-OH is 1. The number of aryl methyl sites for hydroxylation is 1. The van der Waals surface area contributed by atoms with Crippen molar-refractivity contribution in [2.24, 2.45) is 0 Å². The first-order chi connectivity index (χ1) is 7.91. The molecule has 0 aliphatic carbocycles. The van der Waals surface area contributed by atoms with Crippen molar-refractivity contribution in [1.29, 1.82) is 0 Å². The second-order valence-electron chi connectivity index (χ2n) is 3.48. The normalized spacial score (nSPS) is 13.2. The van der Waals surface area contributed by atoms with Gasteiger partial charge in [0.1, 0.15) is 0 Å². The minimum absolute atomic E-state index is 0.0921. The van der Waals surface area contributed by atoms with Gasteiger partial charge in [0.25, 0.3) is 0 Å². The van der Waals surface area contributed by atoms with Crippen LogP contribution in [0.4, 0.5) is 8.78 Å². The van der Waals surface area contributed by atoms with Crippen molar-refractivity contribution in [2.75, 3.05) is 6.61 Å². The van der Waals surface area contributed by atoms with Crippen molar-refractivity contribution >= 4 is 5.97 Å². The molecule has 1 aromatic rings. The highest BCUT2D eigenvalue weighted by molar-refractivity contribution is 5.78. The molecule has 0 bridgehead atoms. The summed E-state index contributed by atoms with van der Waals surface area (Å²) in [4.78, 5) is 14.7. The van der Waals surface area contributed by atoms with E-state index in [2.05, 4.69) is 9.72 Å². The number of carbonyl (C=O) groups excluding carboxylic acids is 1. The molecule has 0 saturated heterocycles. The Labute approximate surface area is 97.2 Å². The topological polar surface area (TPSA) is 59.4 Å². The Morgan fingerprint density at radius 1 is 1.65 bits per heavy atom. The van der Waals surface area contributed by atoms with Gasteiger partial charge in [0.15, 0.2) is 6.10 Å². The Hall–Kier alpha value is -1.56. The van der Waals surface area contributed by atoms with Gasteiger partial charge < -0.3 is 9.84 Å². The van der Waals surface area contributed by atoms with E-state index in [1.54, 1.807) is 6.92 Å². The molecular formula is C11H13F2NO3. The Morgan fingerprint density at radius 3 is 2.82 bits per heavy atom. The van der Waals surface area contributed by atoms with Crippen LogP contribution in [0.25, 0.3) is 0 Å². The lowest BCUT2D eigenvalue weighted by molar-refractivity contribution is -0.189. The molecule has 1 unspecified atom stereocenters. The summed E-state index contributed by atoms with van der Waals surface area (Å²) in [7, 11) is 0. The lowest BCUT2D eigenvalue weighted by atomic mass is 10.0. The molecule has 0 aliphatic rings. The number of pyridine rings is 1. The molecule has 94 valence electrons. The summed E-state index contributed by atoms with van der Waals surface area (Å²) < 4.78 is 31.2. The van der Waals surface area contributed by atoms with Crippen LogP contribution in [0.2, 0.25) is 0 Å². The van der Waals surface area contributed by atoms with Crippen LogP contribution in [0.3, 0.4) is 0 Å². The number of ether oxygens (including phenoxy) is 1. The Balaban J connectivity index is 3.00. The molecular weight excluding hydrogens is 232 g/mol. The van der Waals surface area contributed by atoms with E-state index in [1.807, 2.05) is 0 Å². The van der Waals surface area contributed by atoms with Gasteiger partial charge in [0.2, 0.25) is 0 Å². The van der Waals surface area contributed by atoms with Gasteiger partial charge in [0, 0.05) is 18.0 Å². The first-order valence-electron chi connectivity index (χ1n) is 5.04. The summed E-state index contributed by atoms with van der Waals surface area (Å²) in [5.74, 6) is -5.72. The van der Waals surface area contributed by atoms with E-state index in [9.17, 15) is 18.7 Å². The minimum Gasteiger partial charge on any atom is -0.461 e. The maximum atomic E-state index is 13.5. The maximum Gasteiger partial charge on any atom is 0.380 e. The van der Waals surface area contributed by atoms with Crippen LogP contribution < -0.4 is 0 Å². The monoisotopic (exact) mass is 245 g/mol. The number of alkyl halides is 2. The van der Waals surface area contributed by atoms with E-state index < -0.39 is 18.0 Å². The zero-order valence-corrected chi connectivity index (χ0v) is 9.48. The fourth-order valence-corrected chi connectivity index (χ4v) is 1.30. The summed E-state index contributed by atoms with van der Waals surface area (Å²) in [6.07, 6.45) is 0.261. The predicted octanol–water partition coefficient (Wildman–Crippen LogP) is 1.62. The molecule has 6 heteroatoms. The number of nitrogens with zero attached hydrogens (tertiary/aromatic N) is 1. The van der Waals surface area contributed by atoms with Crippen molar-refractivity contribution in [2.45, 2.75) is 25.9 Å². The van der Waals surface area contributed by atoms with Gasteiger partial charge in [-0.2, -0.15) is 8.78 Å². The van der Waals surface area contributed by atoms with E-state index in [0.29, 0.717) is 5.56 Å². The summed E-state index contributed by atoms with van der Waals surface area (Å²) in [6.45, 7) is 2.78. The number of aliphatic hydroxyl groups is 1. The van der Waals surface area contributed by atoms with E-state index >= 15 is 0 Å². The molecule has 17 heavy (non-hydrogen) atoms. The van der Waals surface area contributed by atoms with Crippen LogP contribution in [0.1, 0.15) is 24.2 Å². The fraction of sp³-hybridized carbons (Fsp3) is 0.455. The second-order valence-corrected chi connectivity index (χ2v) is 3.48. The van der Waals surface area contributed by atoms with Gasteiger partial charge in [-0.1, -0.05) is 0 Å². The van der Waals surface area contributed by atoms with Gasteiger partial charge in [-0.25, -0.2) is 4.79 Å². The molecule has 0 aromatic carbocycles. The number of halogens is 2.